The first-order valence-corrected chi connectivity index (χ1v) is 7.04. The molecule has 6 heteroatoms. The average Bonchev–Trinajstić information content (AvgIpc) is 2.47. The number of aromatic nitrogens is 1. The van der Waals surface area contributed by atoms with Crippen molar-refractivity contribution in [3.8, 4) is 5.88 Å². The molecule has 1 aromatic rings. The number of anilines is 2. The summed E-state index contributed by atoms with van der Waals surface area (Å²) in [6.45, 7) is 5.90. The quantitative estimate of drug-likeness (QED) is 0.839. The maximum atomic E-state index is 9.24. The Morgan fingerprint density at radius 2 is 2.35 bits per heavy atom. The number of aliphatic hydroxyl groups excluding tert-OH is 1. The molecule has 1 aliphatic rings. The van der Waals surface area contributed by atoms with E-state index in [9.17, 15) is 5.11 Å². The van der Waals surface area contributed by atoms with Gasteiger partial charge in [-0.3, -0.25) is 0 Å². The molecule has 2 unspecified atom stereocenters. The van der Waals surface area contributed by atoms with Gasteiger partial charge >= 0.3 is 0 Å². The number of pyridine rings is 1. The van der Waals surface area contributed by atoms with E-state index in [1.54, 1.807) is 0 Å². The fourth-order valence-corrected chi connectivity index (χ4v) is 2.16. The highest BCUT2D eigenvalue weighted by Gasteiger charge is 2.27. The number of nitrogens with zero attached hydrogens (tertiary/aromatic N) is 2. The molecule has 20 heavy (non-hydrogen) atoms. The number of hydrogen-bond donors (Lipinski definition) is 2. The molecular formula is C14H23N3O3. The first-order valence-electron chi connectivity index (χ1n) is 7.04. The van der Waals surface area contributed by atoms with Crippen LogP contribution in [0.2, 0.25) is 0 Å². The molecular weight excluding hydrogens is 258 g/mol. The molecule has 2 atom stereocenters. The Balaban J connectivity index is 2.18. The van der Waals surface area contributed by atoms with Crippen LogP contribution in [0.3, 0.4) is 0 Å². The lowest BCUT2D eigenvalue weighted by molar-refractivity contribution is -0.0106. The van der Waals surface area contributed by atoms with E-state index in [1.165, 1.54) is 0 Å². The summed E-state index contributed by atoms with van der Waals surface area (Å²) in [5.74, 6) is 1.28. The molecule has 0 bridgehead atoms. The Kier molecular flexibility index (Phi) is 5.03. The summed E-state index contributed by atoms with van der Waals surface area (Å²) in [5.41, 5.74) is 6.42. The molecule has 0 aliphatic carbocycles. The zero-order valence-electron chi connectivity index (χ0n) is 12.1. The number of nitrogens with two attached hydrogens (primary N) is 1. The average molecular weight is 281 g/mol. The van der Waals surface area contributed by atoms with E-state index in [-0.39, 0.29) is 18.8 Å². The van der Waals surface area contributed by atoms with Gasteiger partial charge in [-0.2, -0.15) is 4.98 Å². The molecule has 0 radical (unpaired) electrons. The Bertz CT molecular complexity index is 442. The standard InChI is InChI=1S/C14H23N3O3/c1-3-6-19-14-12(15)4-5-13(16-14)17-7-11(8-18)20-9-10(17)2/h4-5,10-11,18H,3,6-9,15H2,1-2H3. The van der Waals surface area contributed by atoms with Crippen LogP contribution < -0.4 is 15.4 Å². The summed E-state index contributed by atoms with van der Waals surface area (Å²) in [6.07, 6.45) is 0.733. The first kappa shape index (κ1) is 14.9. The second-order valence-corrected chi connectivity index (χ2v) is 5.05. The van der Waals surface area contributed by atoms with Gasteiger partial charge in [0.2, 0.25) is 5.88 Å². The molecule has 0 amide bonds. The van der Waals surface area contributed by atoms with Crippen molar-refractivity contribution >= 4 is 11.5 Å². The first-order chi connectivity index (χ1) is 9.65. The highest BCUT2D eigenvalue weighted by atomic mass is 16.5. The monoisotopic (exact) mass is 281 g/mol. The van der Waals surface area contributed by atoms with Crippen LogP contribution in [0.15, 0.2) is 12.1 Å². The maximum Gasteiger partial charge on any atom is 0.239 e. The molecule has 1 fully saturated rings. The van der Waals surface area contributed by atoms with Crippen LogP contribution >= 0.6 is 0 Å². The van der Waals surface area contributed by atoms with Crippen LogP contribution in [0.25, 0.3) is 0 Å². The van der Waals surface area contributed by atoms with E-state index in [2.05, 4.69) is 16.8 Å². The van der Waals surface area contributed by atoms with Crippen molar-refractivity contribution in [2.24, 2.45) is 0 Å². The number of rotatable bonds is 5. The van der Waals surface area contributed by atoms with Crippen LogP contribution in [0, 0.1) is 0 Å². The SMILES string of the molecule is CCCOc1nc(N2CC(CO)OCC2C)ccc1N. The highest BCUT2D eigenvalue weighted by molar-refractivity contribution is 5.55. The Morgan fingerprint density at radius 1 is 1.55 bits per heavy atom. The summed E-state index contributed by atoms with van der Waals surface area (Å²) in [7, 11) is 0. The van der Waals surface area contributed by atoms with Gasteiger partial charge in [0.1, 0.15) is 5.82 Å². The third-order valence-corrected chi connectivity index (χ3v) is 3.32. The maximum absolute atomic E-state index is 9.24. The van der Waals surface area contributed by atoms with Gasteiger partial charge in [0.05, 0.1) is 37.7 Å². The van der Waals surface area contributed by atoms with Crippen molar-refractivity contribution in [2.45, 2.75) is 32.4 Å². The van der Waals surface area contributed by atoms with Crippen LogP contribution in [0.4, 0.5) is 11.5 Å². The summed E-state index contributed by atoms with van der Waals surface area (Å²) in [6, 6.07) is 3.89. The molecule has 2 rings (SSSR count). The van der Waals surface area contributed by atoms with E-state index in [1.807, 2.05) is 19.1 Å². The van der Waals surface area contributed by atoms with Gasteiger partial charge in [0.25, 0.3) is 0 Å². The largest absolute Gasteiger partial charge is 0.476 e. The van der Waals surface area contributed by atoms with Crippen LogP contribution in [0.5, 0.6) is 5.88 Å². The van der Waals surface area contributed by atoms with Crippen LogP contribution in [0.1, 0.15) is 20.3 Å². The highest BCUT2D eigenvalue weighted by Crippen LogP contribution is 2.26. The van der Waals surface area contributed by atoms with Crippen molar-refractivity contribution in [1.82, 2.24) is 4.98 Å². The van der Waals surface area contributed by atoms with E-state index in [4.69, 9.17) is 15.2 Å². The third kappa shape index (κ3) is 3.32. The second-order valence-electron chi connectivity index (χ2n) is 5.05. The number of morpholine rings is 1. The minimum Gasteiger partial charge on any atom is -0.476 e. The predicted molar refractivity (Wildman–Crippen MR) is 78.1 cm³/mol. The van der Waals surface area contributed by atoms with E-state index in [0.717, 1.165) is 12.2 Å². The van der Waals surface area contributed by atoms with Crippen molar-refractivity contribution in [1.29, 1.82) is 0 Å². The van der Waals surface area contributed by atoms with E-state index < -0.39 is 0 Å². The zero-order chi connectivity index (χ0) is 14.5. The molecule has 1 saturated heterocycles. The molecule has 6 nitrogen and oxygen atoms in total. The summed E-state index contributed by atoms with van der Waals surface area (Å²) in [5, 5.41) is 9.24. The van der Waals surface area contributed by atoms with E-state index >= 15 is 0 Å². The van der Waals surface area contributed by atoms with Crippen LogP contribution in [-0.2, 0) is 4.74 Å². The number of nitrogen functional groups attached to an aromatic ring is 1. The smallest absolute Gasteiger partial charge is 0.239 e. The van der Waals surface area contributed by atoms with Gasteiger partial charge in [-0.15, -0.1) is 0 Å². The second kappa shape index (κ2) is 6.76. The number of aliphatic hydroxyl groups is 1. The van der Waals surface area contributed by atoms with Gasteiger partial charge in [-0.05, 0) is 25.5 Å². The normalized spacial score (nSPS) is 22.9. The fourth-order valence-electron chi connectivity index (χ4n) is 2.16. The lowest BCUT2D eigenvalue weighted by atomic mass is 10.2. The van der Waals surface area contributed by atoms with Gasteiger partial charge in [0, 0.05) is 6.54 Å². The molecule has 112 valence electrons. The Labute approximate surface area is 119 Å². The zero-order valence-corrected chi connectivity index (χ0v) is 12.1. The van der Waals surface area contributed by atoms with Crippen molar-refractivity contribution in [2.75, 3.05) is 37.0 Å². The molecule has 0 spiro atoms. The third-order valence-electron chi connectivity index (χ3n) is 3.32. The molecule has 3 N–H and O–H groups in total. The van der Waals surface area contributed by atoms with E-state index in [0.29, 0.717) is 31.3 Å². The van der Waals surface area contributed by atoms with Crippen molar-refractivity contribution in [3.05, 3.63) is 12.1 Å². The van der Waals surface area contributed by atoms with Crippen molar-refractivity contribution < 1.29 is 14.6 Å². The summed E-state index contributed by atoms with van der Waals surface area (Å²) >= 11 is 0. The molecule has 1 aromatic heterocycles. The predicted octanol–water partition coefficient (Wildman–Crippen LogP) is 1.04. The lowest BCUT2D eigenvalue weighted by Gasteiger charge is -2.38. The molecule has 2 heterocycles. The summed E-state index contributed by atoms with van der Waals surface area (Å²) in [4.78, 5) is 6.61. The number of hydrogen-bond acceptors (Lipinski definition) is 6. The van der Waals surface area contributed by atoms with Gasteiger partial charge in [-0.1, -0.05) is 6.92 Å². The van der Waals surface area contributed by atoms with Gasteiger partial charge < -0.3 is 25.2 Å². The molecule has 0 aromatic carbocycles. The molecule has 1 aliphatic heterocycles. The minimum absolute atomic E-state index is 0.0113. The summed E-state index contributed by atoms with van der Waals surface area (Å²) < 4.78 is 11.1. The lowest BCUT2D eigenvalue weighted by Crippen LogP contribution is -2.50. The number of ether oxygens (including phenoxy) is 2. The van der Waals surface area contributed by atoms with Gasteiger partial charge in [0.15, 0.2) is 0 Å². The van der Waals surface area contributed by atoms with Crippen molar-refractivity contribution in [3.63, 3.8) is 0 Å². The fraction of sp³-hybridized carbons (Fsp3) is 0.643. The Hall–Kier alpha value is -1.53. The molecule has 0 saturated carbocycles. The topological polar surface area (TPSA) is 80.8 Å². The minimum atomic E-state index is -0.175. The Morgan fingerprint density at radius 3 is 3.05 bits per heavy atom. The van der Waals surface area contributed by atoms with Crippen LogP contribution in [-0.4, -0.2) is 48.6 Å². The van der Waals surface area contributed by atoms with Gasteiger partial charge in [-0.25, -0.2) is 0 Å².